The molecule has 2 aromatic carbocycles. The lowest BCUT2D eigenvalue weighted by molar-refractivity contribution is -0.143. The zero-order valence-corrected chi connectivity index (χ0v) is 22.0. The number of hydrogen-bond acceptors (Lipinski definition) is 3. The highest BCUT2D eigenvalue weighted by molar-refractivity contribution is 5.82. The maximum absolute atomic E-state index is 13.9. The van der Waals surface area contributed by atoms with Gasteiger partial charge >= 0.3 is 12.4 Å². The Labute approximate surface area is 227 Å². The van der Waals surface area contributed by atoms with Gasteiger partial charge in [0.2, 0.25) is 11.8 Å². The Morgan fingerprint density at radius 2 is 1.65 bits per heavy atom. The summed E-state index contributed by atoms with van der Waals surface area (Å²) in [6.45, 7) is 2.95. The molecule has 2 aliphatic heterocycles. The molecule has 0 bridgehead atoms. The van der Waals surface area contributed by atoms with E-state index in [4.69, 9.17) is 0 Å². The SMILES string of the molecule is Cc1cc(F)ccc1C1CN(C(=O)C2CCNC2)CCC1C(=O)N(C)Cc1cc(C(F)(F)F)cc(C(F)(F)F)c1. The number of carbonyl (C=O) groups is 2. The second kappa shape index (κ2) is 11.4. The molecule has 2 aliphatic rings. The van der Waals surface area contributed by atoms with Crippen LogP contribution in [-0.2, 0) is 28.5 Å². The summed E-state index contributed by atoms with van der Waals surface area (Å²) in [5.74, 6) is -2.42. The normalized spacial score (nSPS) is 21.9. The third kappa shape index (κ3) is 6.59. The van der Waals surface area contributed by atoms with E-state index >= 15 is 0 Å². The summed E-state index contributed by atoms with van der Waals surface area (Å²) in [5.41, 5.74) is -1.98. The molecule has 2 amide bonds. The second-order valence-electron chi connectivity index (χ2n) is 10.6. The van der Waals surface area contributed by atoms with Gasteiger partial charge in [-0.25, -0.2) is 4.39 Å². The molecular weight excluding hydrogens is 543 g/mol. The van der Waals surface area contributed by atoms with Gasteiger partial charge in [-0.2, -0.15) is 26.3 Å². The van der Waals surface area contributed by atoms with Crippen molar-refractivity contribution in [3.8, 4) is 0 Å². The van der Waals surface area contributed by atoms with Crippen LogP contribution in [0.1, 0.15) is 46.6 Å². The Balaban J connectivity index is 1.61. The van der Waals surface area contributed by atoms with Gasteiger partial charge in [0.15, 0.2) is 0 Å². The molecule has 4 rings (SSSR count). The Hall–Kier alpha value is -3.15. The second-order valence-corrected chi connectivity index (χ2v) is 10.6. The number of likely N-dealkylation sites (tertiary alicyclic amines) is 1. The van der Waals surface area contributed by atoms with Crippen LogP contribution in [0.5, 0.6) is 0 Å². The highest BCUT2D eigenvalue weighted by Gasteiger charge is 2.41. The zero-order chi connectivity index (χ0) is 29.4. The van der Waals surface area contributed by atoms with Gasteiger partial charge < -0.3 is 15.1 Å². The van der Waals surface area contributed by atoms with Crippen molar-refractivity contribution in [3.63, 3.8) is 0 Å². The first-order valence-corrected chi connectivity index (χ1v) is 12.9. The average molecular weight is 574 g/mol. The number of benzene rings is 2. The lowest BCUT2D eigenvalue weighted by Crippen LogP contribution is -2.49. The van der Waals surface area contributed by atoms with Gasteiger partial charge in [0.25, 0.3) is 0 Å². The topological polar surface area (TPSA) is 52.7 Å². The predicted octanol–water partition coefficient (Wildman–Crippen LogP) is 5.37. The van der Waals surface area contributed by atoms with Crippen LogP contribution in [0.15, 0.2) is 36.4 Å². The molecule has 5 nitrogen and oxygen atoms in total. The van der Waals surface area contributed by atoms with E-state index in [-0.39, 0.29) is 43.0 Å². The van der Waals surface area contributed by atoms with E-state index in [0.717, 1.165) is 11.4 Å². The first-order chi connectivity index (χ1) is 18.6. The predicted molar refractivity (Wildman–Crippen MR) is 132 cm³/mol. The first-order valence-electron chi connectivity index (χ1n) is 12.9. The van der Waals surface area contributed by atoms with Crippen LogP contribution in [0.4, 0.5) is 30.7 Å². The minimum atomic E-state index is -5.00. The number of carbonyl (C=O) groups excluding carboxylic acids is 2. The average Bonchev–Trinajstić information content (AvgIpc) is 3.41. The third-order valence-electron chi connectivity index (χ3n) is 7.73. The molecular formula is C28H30F7N3O2. The van der Waals surface area contributed by atoms with E-state index in [1.165, 1.54) is 19.2 Å². The van der Waals surface area contributed by atoms with Gasteiger partial charge in [-0.3, -0.25) is 9.59 Å². The summed E-state index contributed by atoms with van der Waals surface area (Å²) in [7, 11) is 1.33. The van der Waals surface area contributed by atoms with E-state index in [2.05, 4.69) is 5.32 Å². The maximum atomic E-state index is 13.9. The first kappa shape index (κ1) is 29.8. The molecule has 2 aromatic rings. The molecule has 0 radical (unpaired) electrons. The molecule has 218 valence electrons. The van der Waals surface area contributed by atoms with Crippen molar-refractivity contribution in [1.82, 2.24) is 15.1 Å². The molecule has 40 heavy (non-hydrogen) atoms. The van der Waals surface area contributed by atoms with Crippen molar-refractivity contribution in [1.29, 1.82) is 0 Å². The van der Waals surface area contributed by atoms with Crippen molar-refractivity contribution < 1.29 is 40.3 Å². The fourth-order valence-corrected chi connectivity index (χ4v) is 5.69. The van der Waals surface area contributed by atoms with Gasteiger partial charge in [-0.15, -0.1) is 0 Å². The Kier molecular flexibility index (Phi) is 8.49. The van der Waals surface area contributed by atoms with Crippen LogP contribution >= 0.6 is 0 Å². The number of nitrogens with one attached hydrogen (secondary N) is 1. The van der Waals surface area contributed by atoms with Gasteiger partial charge in [-0.05, 0) is 73.3 Å². The van der Waals surface area contributed by atoms with E-state index in [1.807, 2.05) is 0 Å². The number of aryl methyl sites for hydroxylation is 1. The summed E-state index contributed by atoms with van der Waals surface area (Å²) < 4.78 is 93.9. The largest absolute Gasteiger partial charge is 0.416 e. The number of piperidine rings is 1. The number of halogens is 7. The zero-order valence-electron chi connectivity index (χ0n) is 22.0. The molecule has 0 spiro atoms. The minimum absolute atomic E-state index is 0.0438. The van der Waals surface area contributed by atoms with Crippen LogP contribution in [0.2, 0.25) is 0 Å². The third-order valence-corrected chi connectivity index (χ3v) is 7.73. The van der Waals surface area contributed by atoms with Gasteiger partial charge in [0.1, 0.15) is 5.82 Å². The minimum Gasteiger partial charge on any atom is -0.342 e. The number of alkyl halides is 6. The Bertz CT molecular complexity index is 1220. The Morgan fingerprint density at radius 1 is 1.00 bits per heavy atom. The van der Waals surface area contributed by atoms with Crippen molar-refractivity contribution in [2.24, 2.45) is 11.8 Å². The van der Waals surface area contributed by atoms with Crippen LogP contribution in [-0.4, -0.2) is 54.8 Å². The lowest BCUT2D eigenvalue weighted by Gasteiger charge is -2.41. The molecule has 0 aromatic heterocycles. The van der Waals surface area contributed by atoms with Gasteiger partial charge in [0.05, 0.1) is 17.0 Å². The van der Waals surface area contributed by atoms with E-state index in [1.54, 1.807) is 17.9 Å². The van der Waals surface area contributed by atoms with Crippen molar-refractivity contribution in [3.05, 3.63) is 70.0 Å². The molecule has 1 N–H and O–H groups in total. The summed E-state index contributed by atoms with van der Waals surface area (Å²) in [5, 5.41) is 3.15. The van der Waals surface area contributed by atoms with E-state index in [0.29, 0.717) is 36.2 Å². The highest BCUT2D eigenvalue weighted by atomic mass is 19.4. The monoisotopic (exact) mass is 573 g/mol. The molecule has 2 saturated heterocycles. The van der Waals surface area contributed by atoms with Crippen LogP contribution in [0.3, 0.4) is 0 Å². The van der Waals surface area contributed by atoms with Crippen LogP contribution < -0.4 is 5.32 Å². The van der Waals surface area contributed by atoms with Crippen LogP contribution in [0.25, 0.3) is 0 Å². The summed E-state index contributed by atoms with van der Waals surface area (Å²) in [6.07, 6.45) is -9.07. The highest BCUT2D eigenvalue weighted by Crippen LogP contribution is 2.38. The molecule has 0 aliphatic carbocycles. The molecule has 2 heterocycles. The van der Waals surface area contributed by atoms with Crippen molar-refractivity contribution in [2.45, 2.75) is 44.6 Å². The number of rotatable bonds is 5. The summed E-state index contributed by atoms with van der Waals surface area (Å²) >= 11 is 0. The summed E-state index contributed by atoms with van der Waals surface area (Å²) in [6, 6.07) is 5.41. The standard InChI is InChI=1S/C28H30F7N3O2/c1-16-9-21(29)3-4-22(16)24-15-38(25(39)18-5-7-36-13-18)8-6-23(24)26(40)37(2)14-17-10-19(27(30,31)32)12-20(11-17)28(33,34)35/h3-4,9-12,18,23-24,36H,5-8,13-15H2,1-2H3. The fourth-order valence-electron chi connectivity index (χ4n) is 5.69. The molecule has 12 heteroatoms. The smallest absolute Gasteiger partial charge is 0.342 e. The van der Waals surface area contributed by atoms with E-state index in [9.17, 15) is 40.3 Å². The summed E-state index contributed by atoms with van der Waals surface area (Å²) in [4.78, 5) is 29.6. The lowest BCUT2D eigenvalue weighted by atomic mass is 9.78. The van der Waals surface area contributed by atoms with E-state index < -0.39 is 53.6 Å². The maximum Gasteiger partial charge on any atom is 0.416 e. The quantitative estimate of drug-likeness (QED) is 0.490. The number of amides is 2. The number of nitrogens with zero attached hydrogens (tertiary/aromatic N) is 2. The fraction of sp³-hybridized carbons (Fsp3) is 0.500. The van der Waals surface area contributed by atoms with Gasteiger partial charge in [0, 0.05) is 45.1 Å². The van der Waals surface area contributed by atoms with Crippen molar-refractivity contribution in [2.75, 3.05) is 33.2 Å². The molecule has 3 unspecified atom stereocenters. The Morgan fingerprint density at radius 3 is 2.20 bits per heavy atom. The molecule has 2 fully saturated rings. The van der Waals surface area contributed by atoms with Gasteiger partial charge in [-0.1, -0.05) is 6.07 Å². The van der Waals surface area contributed by atoms with Crippen LogP contribution in [0, 0.1) is 24.6 Å². The van der Waals surface area contributed by atoms with Crippen molar-refractivity contribution >= 4 is 11.8 Å². The molecule has 0 saturated carbocycles. The number of hydrogen-bond donors (Lipinski definition) is 1. The molecule has 3 atom stereocenters.